The highest BCUT2D eigenvalue weighted by atomic mass is 32.2. The Morgan fingerprint density at radius 3 is 2.96 bits per heavy atom. The molecule has 0 unspecified atom stereocenters. The zero-order valence-electron chi connectivity index (χ0n) is 14.9. The van der Waals surface area contributed by atoms with Crippen LogP contribution in [-0.2, 0) is 11.3 Å². The molecule has 2 aromatic carbocycles. The standard InChI is InChI=1S/C19H17FN4O3S/c1-11(18(25)21-9-12-6-7-15-16(8-12)27-10-26-15)28-19-22-17(23-24-19)13-4-2-3-5-14(13)20/h2-8,11H,9-10H2,1H3,(H,21,25)(H,22,23,24)/t11-/m1/s1. The van der Waals surface area contributed by atoms with E-state index in [9.17, 15) is 9.18 Å². The van der Waals surface area contributed by atoms with Crippen LogP contribution < -0.4 is 14.8 Å². The van der Waals surface area contributed by atoms with E-state index in [4.69, 9.17) is 9.47 Å². The monoisotopic (exact) mass is 400 g/mol. The number of thioether (sulfide) groups is 1. The van der Waals surface area contributed by atoms with Crippen LogP contribution in [0.4, 0.5) is 4.39 Å². The molecule has 1 aliphatic rings. The van der Waals surface area contributed by atoms with Crippen LogP contribution in [0.15, 0.2) is 47.6 Å². The van der Waals surface area contributed by atoms with Gasteiger partial charge in [0.1, 0.15) is 5.82 Å². The molecule has 0 aliphatic carbocycles. The van der Waals surface area contributed by atoms with Crippen molar-refractivity contribution in [1.82, 2.24) is 20.5 Å². The average molecular weight is 400 g/mol. The Hall–Kier alpha value is -3.07. The van der Waals surface area contributed by atoms with E-state index < -0.39 is 5.25 Å². The van der Waals surface area contributed by atoms with Crippen LogP contribution in [0.1, 0.15) is 12.5 Å². The van der Waals surface area contributed by atoms with E-state index in [-0.39, 0.29) is 18.5 Å². The fourth-order valence-electron chi connectivity index (χ4n) is 2.67. The van der Waals surface area contributed by atoms with E-state index >= 15 is 0 Å². The normalized spacial score (nSPS) is 13.4. The summed E-state index contributed by atoms with van der Waals surface area (Å²) in [4.78, 5) is 16.6. The first-order chi connectivity index (χ1) is 13.6. The van der Waals surface area contributed by atoms with Crippen molar-refractivity contribution in [2.75, 3.05) is 6.79 Å². The lowest BCUT2D eigenvalue weighted by Crippen LogP contribution is -2.30. The summed E-state index contributed by atoms with van der Waals surface area (Å²) in [5.41, 5.74) is 1.25. The number of hydrogen-bond donors (Lipinski definition) is 2. The number of halogens is 1. The third-order valence-corrected chi connectivity index (χ3v) is 5.11. The summed E-state index contributed by atoms with van der Waals surface area (Å²) in [7, 11) is 0. The zero-order valence-corrected chi connectivity index (χ0v) is 15.8. The lowest BCUT2D eigenvalue weighted by Gasteiger charge is -2.10. The molecule has 4 rings (SSSR count). The van der Waals surface area contributed by atoms with Crippen LogP contribution in [0, 0.1) is 5.82 Å². The second-order valence-electron chi connectivity index (χ2n) is 6.11. The first-order valence-corrected chi connectivity index (χ1v) is 9.48. The molecule has 1 atom stereocenters. The summed E-state index contributed by atoms with van der Waals surface area (Å²) in [5, 5.41) is 9.61. The van der Waals surface area contributed by atoms with Crippen molar-refractivity contribution in [1.29, 1.82) is 0 Å². The van der Waals surface area contributed by atoms with Crippen LogP contribution in [0.5, 0.6) is 11.5 Å². The molecule has 28 heavy (non-hydrogen) atoms. The Morgan fingerprint density at radius 2 is 2.11 bits per heavy atom. The molecule has 2 N–H and O–H groups in total. The number of aromatic amines is 1. The summed E-state index contributed by atoms with van der Waals surface area (Å²) >= 11 is 1.20. The highest BCUT2D eigenvalue weighted by molar-refractivity contribution is 8.00. The van der Waals surface area contributed by atoms with E-state index in [0.717, 1.165) is 5.56 Å². The van der Waals surface area contributed by atoms with Gasteiger partial charge in [0.15, 0.2) is 17.3 Å². The van der Waals surface area contributed by atoms with Gasteiger partial charge in [-0.15, -0.1) is 5.10 Å². The third-order valence-electron chi connectivity index (χ3n) is 4.15. The van der Waals surface area contributed by atoms with Crippen molar-refractivity contribution in [3.63, 3.8) is 0 Å². The van der Waals surface area contributed by atoms with Gasteiger partial charge >= 0.3 is 0 Å². The summed E-state index contributed by atoms with van der Waals surface area (Å²) in [5.74, 6) is 1.17. The van der Waals surface area contributed by atoms with Crippen molar-refractivity contribution in [2.24, 2.45) is 0 Å². The number of carbonyl (C=O) groups excluding carboxylic acids is 1. The Balaban J connectivity index is 1.34. The molecule has 9 heteroatoms. The van der Waals surface area contributed by atoms with Gasteiger partial charge < -0.3 is 14.8 Å². The van der Waals surface area contributed by atoms with Gasteiger partial charge in [0.05, 0.1) is 10.8 Å². The number of nitrogens with zero attached hydrogens (tertiary/aromatic N) is 2. The van der Waals surface area contributed by atoms with Crippen LogP contribution in [0.3, 0.4) is 0 Å². The maximum atomic E-state index is 13.8. The number of fused-ring (bicyclic) bond motifs is 1. The largest absolute Gasteiger partial charge is 0.454 e. The SMILES string of the molecule is C[C@@H](Sc1n[nH]c(-c2ccccc2F)n1)C(=O)NCc1ccc2c(c1)OCO2. The molecule has 0 spiro atoms. The molecule has 144 valence electrons. The van der Waals surface area contributed by atoms with E-state index in [1.54, 1.807) is 25.1 Å². The molecule has 0 radical (unpaired) electrons. The lowest BCUT2D eigenvalue weighted by atomic mass is 10.2. The Bertz CT molecular complexity index is 1010. The van der Waals surface area contributed by atoms with Gasteiger partial charge in [-0.05, 0) is 36.8 Å². The smallest absolute Gasteiger partial charge is 0.233 e. The minimum Gasteiger partial charge on any atom is -0.454 e. The van der Waals surface area contributed by atoms with Gasteiger partial charge in [0, 0.05) is 6.54 Å². The predicted molar refractivity (Wildman–Crippen MR) is 102 cm³/mol. The Labute approximate surface area is 164 Å². The lowest BCUT2D eigenvalue weighted by molar-refractivity contribution is -0.120. The first kappa shape index (κ1) is 18.3. The average Bonchev–Trinajstić information content (AvgIpc) is 3.35. The first-order valence-electron chi connectivity index (χ1n) is 8.60. The molecule has 2 heterocycles. The highest BCUT2D eigenvalue weighted by Crippen LogP contribution is 2.32. The molecular weight excluding hydrogens is 383 g/mol. The third kappa shape index (κ3) is 3.94. The highest BCUT2D eigenvalue weighted by Gasteiger charge is 2.19. The molecule has 1 aromatic heterocycles. The predicted octanol–water partition coefficient (Wildman–Crippen LogP) is 3.14. The minimum absolute atomic E-state index is 0.153. The number of aromatic nitrogens is 3. The second kappa shape index (κ2) is 7.89. The van der Waals surface area contributed by atoms with Crippen LogP contribution in [0.25, 0.3) is 11.4 Å². The molecule has 7 nitrogen and oxygen atoms in total. The van der Waals surface area contributed by atoms with E-state index in [0.29, 0.717) is 34.6 Å². The molecule has 3 aromatic rings. The maximum absolute atomic E-state index is 13.8. The number of rotatable bonds is 6. The van der Waals surface area contributed by atoms with Crippen LogP contribution in [-0.4, -0.2) is 33.1 Å². The number of ether oxygens (including phenoxy) is 2. The molecule has 0 saturated carbocycles. The van der Waals surface area contributed by atoms with Gasteiger partial charge in [-0.1, -0.05) is 30.0 Å². The summed E-state index contributed by atoms with van der Waals surface area (Å²) in [6, 6.07) is 11.8. The van der Waals surface area contributed by atoms with Gasteiger partial charge in [0.25, 0.3) is 0 Å². The zero-order chi connectivity index (χ0) is 19.5. The Kier molecular flexibility index (Phi) is 5.16. The van der Waals surface area contributed by atoms with Gasteiger partial charge in [-0.2, -0.15) is 0 Å². The van der Waals surface area contributed by atoms with Crippen molar-refractivity contribution < 1.29 is 18.7 Å². The van der Waals surface area contributed by atoms with Gasteiger partial charge in [0.2, 0.25) is 17.9 Å². The van der Waals surface area contributed by atoms with Crippen molar-refractivity contribution in [2.45, 2.75) is 23.9 Å². The van der Waals surface area contributed by atoms with Crippen LogP contribution >= 0.6 is 11.8 Å². The fraction of sp³-hybridized carbons (Fsp3) is 0.211. The molecule has 0 fully saturated rings. The quantitative estimate of drug-likeness (QED) is 0.618. The number of H-pyrrole nitrogens is 1. The van der Waals surface area contributed by atoms with E-state index in [1.165, 1.54) is 17.8 Å². The van der Waals surface area contributed by atoms with Gasteiger partial charge in [-0.25, -0.2) is 9.37 Å². The van der Waals surface area contributed by atoms with Gasteiger partial charge in [-0.3, -0.25) is 9.89 Å². The topological polar surface area (TPSA) is 89.1 Å². The van der Waals surface area contributed by atoms with Crippen molar-refractivity contribution >= 4 is 17.7 Å². The molecule has 1 aliphatic heterocycles. The van der Waals surface area contributed by atoms with Crippen LogP contribution in [0.2, 0.25) is 0 Å². The summed E-state index contributed by atoms with van der Waals surface area (Å²) in [6.45, 7) is 2.35. The number of benzene rings is 2. The van der Waals surface area contributed by atoms with Crippen molar-refractivity contribution in [3.05, 3.63) is 53.8 Å². The molecule has 1 amide bonds. The molecule has 0 saturated heterocycles. The number of amides is 1. The van der Waals surface area contributed by atoms with E-state index in [1.807, 2.05) is 18.2 Å². The van der Waals surface area contributed by atoms with E-state index in [2.05, 4.69) is 20.5 Å². The molecular formula is C19H17FN4O3S. The van der Waals surface area contributed by atoms with Crippen molar-refractivity contribution in [3.8, 4) is 22.9 Å². The maximum Gasteiger partial charge on any atom is 0.233 e. The number of hydrogen-bond acceptors (Lipinski definition) is 6. The number of carbonyl (C=O) groups is 1. The molecule has 0 bridgehead atoms. The summed E-state index contributed by atoms with van der Waals surface area (Å²) < 4.78 is 24.4. The fourth-order valence-corrected chi connectivity index (χ4v) is 3.42. The second-order valence-corrected chi connectivity index (χ2v) is 7.42. The number of nitrogens with one attached hydrogen (secondary N) is 2. The minimum atomic E-state index is -0.418. The summed E-state index contributed by atoms with van der Waals surface area (Å²) in [6.07, 6.45) is 0. The Morgan fingerprint density at radius 1 is 1.29 bits per heavy atom.